The predicted octanol–water partition coefficient (Wildman–Crippen LogP) is -0.160. The van der Waals surface area contributed by atoms with Gasteiger partial charge in [-0.05, 0) is 27.7 Å². The molecule has 0 N–H and O–H groups in total. The van der Waals surface area contributed by atoms with Crippen LogP contribution in [-0.2, 0) is 14.1 Å². The van der Waals surface area contributed by atoms with Crippen LogP contribution >= 0.6 is 0 Å². The first kappa shape index (κ1) is 12.4. The van der Waals surface area contributed by atoms with E-state index in [1.165, 1.54) is 12.0 Å². The second-order valence-electron chi connectivity index (χ2n) is 5.13. The average molecular weight is 233 g/mol. The molecule has 1 saturated heterocycles. The lowest BCUT2D eigenvalue weighted by Crippen LogP contribution is -2.41. The third-order valence-corrected chi connectivity index (χ3v) is 3.36. The fraction of sp³-hybridized carbons (Fsp3) is 0.600. The van der Waals surface area contributed by atoms with Gasteiger partial charge >= 0.3 is 14.5 Å². The Hall–Kier alpha value is -1.07. The molecule has 1 aliphatic heterocycles. The van der Waals surface area contributed by atoms with E-state index >= 15 is 0 Å². The SMILES string of the molecule is CC1(C)OB(c2cnn([B]C=O)c2)OC1(C)C. The van der Waals surface area contributed by atoms with Gasteiger partial charge in [0.2, 0.25) is 0 Å². The highest BCUT2D eigenvalue weighted by atomic mass is 16.7. The summed E-state index contributed by atoms with van der Waals surface area (Å²) in [4.78, 5) is 10.3. The number of aromatic nitrogens is 2. The minimum atomic E-state index is -0.436. The number of hydrogen-bond acceptors (Lipinski definition) is 4. The Bertz CT molecular complexity index is 415. The maximum atomic E-state index is 10.3. The quantitative estimate of drug-likeness (QED) is 0.537. The molecule has 1 fully saturated rings. The topological polar surface area (TPSA) is 53.4 Å². The third kappa shape index (κ3) is 2.17. The molecule has 1 aromatic heterocycles. The highest BCUT2D eigenvalue weighted by Crippen LogP contribution is 2.36. The zero-order chi connectivity index (χ0) is 12.7. The van der Waals surface area contributed by atoms with E-state index in [9.17, 15) is 4.79 Å². The van der Waals surface area contributed by atoms with Crippen molar-refractivity contribution in [3.8, 4) is 0 Å². The zero-order valence-electron chi connectivity index (χ0n) is 10.5. The van der Waals surface area contributed by atoms with Gasteiger partial charge in [-0.1, -0.05) is 0 Å². The van der Waals surface area contributed by atoms with E-state index in [-0.39, 0.29) is 11.2 Å². The Labute approximate surface area is 102 Å². The molecule has 1 radical (unpaired) electrons. The van der Waals surface area contributed by atoms with Crippen LogP contribution in [0.25, 0.3) is 0 Å². The summed E-state index contributed by atoms with van der Waals surface area (Å²) < 4.78 is 13.2. The summed E-state index contributed by atoms with van der Waals surface area (Å²) in [6, 6.07) is 0. The molecular weight excluding hydrogens is 218 g/mol. The Morgan fingerprint density at radius 3 is 2.47 bits per heavy atom. The number of hydrogen-bond donors (Lipinski definition) is 0. The Kier molecular flexibility index (Phi) is 2.91. The lowest BCUT2D eigenvalue weighted by molar-refractivity contribution is 0.00578. The van der Waals surface area contributed by atoms with Crippen molar-refractivity contribution >= 4 is 26.2 Å². The number of carbonyl (C=O) groups is 1. The van der Waals surface area contributed by atoms with Crippen LogP contribution in [0.5, 0.6) is 0 Å². The van der Waals surface area contributed by atoms with Gasteiger partial charge in [0.25, 0.3) is 0 Å². The molecule has 2 heterocycles. The molecule has 1 aliphatic rings. The molecule has 7 heteroatoms. The molecule has 0 atom stereocenters. The van der Waals surface area contributed by atoms with E-state index in [2.05, 4.69) is 5.10 Å². The zero-order valence-corrected chi connectivity index (χ0v) is 10.5. The van der Waals surface area contributed by atoms with Gasteiger partial charge in [0.1, 0.15) is 6.19 Å². The fourth-order valence-corrected chi connectivity index (χ4v) is 1.60. The van der Waals surface area contributed by atoms with E-state index in [1.54, 1.807) is 12.4 Å². The van der Waals surface area contributed by atoms with E-state index in [0.717, 1.165) is 5.46 Å². The van der Waals surface area contributed by atoms with E-state index in [1.807, 2.05) is 27.7 Å². The minimum Gasteiger partial charge on any atom is -0.399 e. The fourth-order valence-electron chi connectivity index (χ4n) is 1.60. The molecule has 0 amide bonds. The summed E-state index contributed by atoms with van der Waals surface area (Å²) in [6.45, 7) is 7.98. The third-order valence-electron chi connectivity index (χ3n) is 3.36. The number of carbonyl (C=O) groups excluding carboxylic acids is 1. The first-order valence-electron chi connectivity index (χ1n) is 5.54. The van der Waals surface area contributed by atoms with Gasteiger partial charge in [0.15, 0.2) is 0 Å². The van der Waals surface area contributed by atoms with E-state index in [0.29, 0.717) is 6.19 Å². The largest absolute Gasteiger partial charge is 0.498 e. The highest BCUT2D eigenvalue weighted by Gasteiger charge is 2.52. The maximum Gasteiger partial charge on any atom is 0.498 e. The van der Waals surface area contributed by atoms with Crippen molar-refractivity contribution in [2.45, 2.75) is 38.9 Å². The van der Waals surface area contributed by atoms with Crippen LogP contribution < -0.4 is 5.46 Å². The molecule has 5 nitrogen and oxygen atoms in total. The molecule has 0 bridgehead atoms. The molecule has 0 saturated carbocycles. The Morgan fingerprint density at radius 1 is 1.35 bits per heavy atom. The smallest absolute Gasteiger partial charge is 0.399 e. The lowest BCUT2D eigenvalue weighted by atomic mass is 9.81. The predicted molar refractivity (Wildman–Crippen MR) is 65.8 cm³/mol. The first-order chi connectivity index (χ1) is 7.86. The summed E-state index contributed by atoms with van der Waals surface area (Å²) in [6.07, 6.45) is 4.04. The second-order valence-corrected chi connectivity index (χ2v) is 5.13. The lowest BCUT2D eigenvalue weighted by Gasteiger charge is -2.32. The van der Waals surface area contributed by atoms with E-state index < -0.39 is 7.12 Å². The molecule has 17 heavy (non-hydrogen) atoms. The van der Waals surface area contributed by atoms with Crippen LogP contribution in [0, 0.1) is 0 Å². The number of rotatable bonds is 3. The molecule has 0 unspecified atom stereocenters. The van der Waals surface area contributed by atoms with E-state index in [4.69, 9.17) is 9.31 Å². The van der Waals surface area contributed by atoms with Crippen LogP contribution in [0.2, 0.25) is 0 Å². The molecule has 2 rings (SSSR count). The number of nitrogens with zero attached hydrogens (tertiary/aromatic N) is 2. The van der Waals surface area contributed by atoms with Crippen molar-refractivity contribution in [3.63, 3.8) is 0 Å². The summed E-state index contributed by atoms with van der Waals surface area (Å²) >= 11 is 0. The molecule has 0 spiro atoms. The van der Waals surface area contributed by atoms with Gasteiger partial charge < -0.3 is 18.7 Å². The van der Waals surface area contributed by atoms with Gasteiger partial charge in [0.05, 0.1) is 11.2 Å². The summed E-state index contributed by atoms with van der Waals surface area (Å²) in [5.41, 5.74) is 0.0733. The van der Waals surface area contributed by atoms with Gasteiger partial charge in [-0.2, -0.15) is 5.10 Å². The second kappa shape index (κ2) is 3.99. The minimum absolute atomic E-state index is 0.367. The van der Waals surface area contributed by atoms with Crippen molar-refractivity contribution in [3.05, 3.63) is 12.4 Å². The molecule has 1 aromatic rings. The van der Waals surface area contributed by atoms with Crippen molar-refractivity contribution in [1.82, 2.24) is 9.69 Å². The monoisotopic (exact) mass is 233 g/mol. The Balaban J connectivity index is 2.17. The standard InChI is InChI=1S/C10H15B2N2O3/c1-9(2)10(3,4)17-12(16-9)8-5-13-14(6-8)11-7-15/h5-7H,1-4H3. The molecule has 89 valence electrons. The van der Waals surface area contributed by atoms with Crippen LogP contribution in [0.4, 0.5) is 0 Å². The van der Waals surface area contributed by atoms with Crippen LogP contribution in [0.15, 0.2) is 12.4 Å². The summed E-state index contributed by atoms with van der Waals surface area (Å²) in [7, 11) is 0.892. The molecular formula is C10H15B2N2O3. The van der Waals surface area contributed by atoms with Crippen LogP contribution in [-0.4, -0.2) is 41.6 Å². The molecule has 0 aliphatic carbocycles. The maximum absolute atomic E-state index is 10.3. The normalized spacial score (nSPS) is 21.5. The van der Waals surface area contributed by atoms with Gasteiger partial charge in [-0.3, -0.25) is 0 Å². The highest BCUT2D eigenvalue weighted by molar-refractivity contribution is 6.66. The average Bonchev–Trinajstić information content (AvgIpc) is 2.71. The van der Waals surface area contributed by atoms with Crippen LogP contribution in [0.1, 0.15) is 27.7 Å². The van der Waals surface area contributed by atoms with Crippen LogP contribution in [0.3, 0.4) is 0 Å². The van der Waals surface area contributed by atoms with Crippen molar-refractivity contribution < 1.29 is 14.1 Å². The van der Waals surface area contributed by atoms with Gasteiger partial charge in [-0.15, -0.1) is 0 Å². The van der Waals surface area contributed by atoms with Crippen molar-refractivity contribution in [2.75, 3.05) is 0 Å². The Morgan fingerprint density at radius 2 is 1.94 bits per heavy atom. The van der Waals surface area contributed by atoms with Gasteiger partial charge in [0, 0.05) is 17.9 Å². The van der Waals surface area contributed by atoms with Gasteiger partial charge in [-0.25, -0.2) is 0 Å². The first-order valence-corrected chi connectivity index (χ1v) is 5.54. The molecule has 0 aromatic carbocycles. The summed E-state index contributed by atoms with van der Waals surface area (Å²) in [5.74, 6) is 0. The van der Waals surface area contributed by atoms with Crippen molar-refractivity contribution in [1.29, 1.82) is 0 Å². The van der Waals surface area contributed by atoms with Crippen molar-refractivity contribution in [2.24, 2.45) is 0 Å². The summed E-state index contributed by atoms with van der Waals surface area (Å²) in [5, 5.41) is 4.02.